The molecule has 1 aliphatic heterocycles. The summed E-state index contributed by atoms with van der Waals surface area (Å²) in [4.78, 5) is 50.3. The fourth-order valence-electron chi connectivity index (χ4n) is 5.62. The smallest absolute Gasteiger partial charge is 0.345 e. The summed E-state index contributed by atoms with van der Waals surface area (Å²) in [6.07, 6.45) is -3.10. The lowest BCUT2D eigenvalue weighted by molar-refractivity contribution is -0.182. The minimum absolute atomic E-state index is 0.0211. The van der Waals surface area contributed by atoms with Crippen LogP contribution in [-0.2, 0) is 46.2 Å². The highest BCUT2D eigenvalue weighted by Crippen LogP contribution is 2.53. The molecule has 0 aliphatic carbocycles. The van der Waals surface area contributed by atoms with Gasteiger partial charge in [0.2, 0.25) is 6.10 Å². The van der Waals surface area contributed by atoms with E-state index in [1.54, 1.807) is 0 Å². The van der Waals surface area contributed by atoms with Gasteiger partial charge in [-0.15, -0.1) is 0 Å². The van der Waals surface area contributed by atoms with Crippen LogP contribution in [0.4, 0.5) is 0 Å². The second kappa shape index (κ2) is 15.8. The number of phenols is 6. The number of aliphatic carboxylic acids is 1. The molecule has 5 rings (SSSR count). The van der Waals surface area contributed by atoms with E-state index in [0.29, 0.717) is 11.1 Å². The van der Waals surface area contributed by atoms with Gasteiger partial charge in [-0.25, -0.2) is 9.59 Å². The normalized spacial score (nSPS) is 15.8. The van der Waals surface area contributed by atoms with Crippen molar-refractivity contribution in [3.63, 3.8) is 0 Å². The predicted molar refractivity (Wildman–Crippen MR) is 179 cm³/mol. The topological polar surface area (TPSA) is 256 Å². The van der Waals surface area contributed by atoms with Gasteiger partial charge in [0.05, 0.1) is 7.11 Å². The molecule has 7 N–H and O–H groups in total. The highest BCUT2D eigenvalue weighted by atomic mass is 16.7. The third-order valence-electron chi connectivity index (χ3n) is 8.14. The maximum Gasteiger partial charge on any atom is 0.345 e. The Kier molecular flexibility index (Phi) is 11.1. The molecule has 4 aromatic rings. The van der Waals surface area contributed by atoms with Gasteiger partial charge in [0.1, 0.15) is 12.0 Å². The van der Waals surface area contributed by atoms with Crippen molar-refractivity contribution in [2.45, 2.75) is 37.3 Å². The lowest BCUT2D eigenvalue weighted by atomic mass is 9.87. The Labute approximate surface area is 299 Å². The minimum atomic E-state index is -1.67. The van der Waals surface area contributed by atoms with E-state index >= 15 is 0 Å². The molecule has 0 radical (unpaired) electrons. The summed E-state index contributed by atoms with van der Waals surface area (Å²) in [6, 6.07) is 14.0. The summed E-state index contributed by atoms with van der Waals surface area (Å²) in [6.45, 7) is 0.0279. The average molecular weight is 733 g/mol. The van der Waals surface area contributed by atoms with Gasteiger partial charge in [0, 0.05) is 24.5 Å². The number of aromatic hydroxyl groups is 6. The van der Waals surface area contributed by atoms with Crippen molar-refractivity contribution in [2.75, 3.05) is 7.11 Å². The van der Waals surface area contributed by atoms with Crippen molar-refractivity contribution in [1.29, 1.82) is 0 Å². The number of carbonyl (C=O) groups is 4. The van der Waals surface area contributed by atoms with Gasteiger partial charge in [-0.05, 0) is 70.8 Å². The lowest BCUT2D eigenvalue weighted by Gasteiger charge is -2.22. The average Bonchev–Trinajstić information content (AvgIpc) is 3.53. The van der Waals surface area contributed by atoms with E-state index in [0.717, 1.165) is 24.3 Å². The number of esters is 2. The molecule has 1 aliphatic rings. The Morgan fingerprint density at radius 2 is 1.42 bits per heavy atom. The van der Waals surface area contributed by atoms with E-state index in [2.05, 4.69) is 0 Å². The Hall–Kier alpha value is -7.10. The first kappa shape index (κ1) is 37.2. The second-order valence-electron chi connectivity index (χ2n) is 11.6. The maximum absolute atomic E-state index is 14.0. The minimum Gasteiger partial charge on any atom is -0.504 e. The summed E-state index contributed by atoms with van der Waals surface area (Å²) in [5, 5.41) is 70.2. The fraction of sp³-hybridized carbons (Fsp3) is 0.189. The van der Waals surface area contributed by atoms with Gasteiger partial charge in [-0.3, -0.25) is 9.59 Å². The molecule has 4 atom stereocenters. The van der Waals surface area contributed by atoms with Gasteiger partial charge in [-0.2, -0.15) is 0 Å². The van der Waals surface area contributed by atoms with E-state index in [1.165, 1.54) is 61.7 Å². The fourth-order valence-corrected chi connectivity index (χ4v) is 5.62. The van der Waals surface area contributed by atoms with Crippen LogP contribution in [0.25, 0.3) is 6.08 Å². The molecular formula is C37H32O16. The number of carbonyl (C=O) groups excluding carboxylic acids is 3. The van der Waals surface area contributed by atoms with Crippen LogP contribution in [0.15, 0.2) is 72.8 Å². The third-order valence-corrected chi connectivity index (χ3v) is 8.14. The first-order valence-corrected chi connectivity index (χ1v) is 15.6. The van der Waals surface area contributed by atoms with Crippen LogP contribution in [0.1, 0.15) is 39.8 Å². The number of fused-ring (bicyclic) bond motifs is 1. The molecule has 4 aromatic carbocycles. The number of carboxylic acids is 1. The molecule has 0 spiro atoms. The molecule has 53 heavy (non-hydrogen) atoms. The predicted octanol–water partition coefficient (Wildman–Crippen LogP) is 3.68. The highest BCUT2D eigenvalue weighted by Gasteiger charge is 2.45. The summed E-state index contributed by atoms with van der Waals surface area (Å²) in [5.41, 5.74) is 0.842. The number of carboxylic acid groups (broad SMARTS) is 1. The summed E-state index contributed by atoms with van der Waals surface area (Å²) < 4.78 is 26.7. The third kappa shape index (κ3) is 8.45. The first-order valence-electron chi connectivity index (χ1n) is 15.6. The van der Waals surface area contributed by atoms with Gasteiger partial charge in [0.15, 0.2) is 46.0 Å². The standard InChI is InChI=1S/C37H32O16/c1-49-28-10-3-18(13-27(28)44)14-29(36(46)47)51-30(45)11-6-20-4-9-24(41)35-32(20)33(34(53-35)21-5-8-23(40)26(43)16-21)37(48)52-31(50-17-38)15-19-2-7-22(39)25(42)12-19/h2-13,16-17,29,31,33-34,39-44H,14-15H2,1H3,(H,46,47)/b11-6+/t29-,31-,33+,34-/m1/s1. The zero-order valence-electron chi connectivity index (χ0n) is 27.6. The Balaban J connectivity index is 1.46. The molecule has 0 fully saturated rings. The van der Waals surface area contributed by atoms with Crippen LogP contribution in [0.5, 0.6) is 46.0 Å². The quantitative estimate of drug-likeness (QED) is 0.0321. The Morgan fingerprint density at radius 3 is 2.06 bits per heavy atom. The summed E-state index contributed by atoms with van der Waals surface area (Å²) in [7, 11) is 1.34. The van der Waals surface area contributed by atoms with Crippen molar-refractivity contribution in [3.8, 4) is 46.0 Å². The molecule has 0 bridgehead atoms. The van der Waals surface area contributed by atoms with Crippen LogP contribution in [0.2, 0.25) is 0 Å². The molecule has 16 heteroatoms. The van der Waals surface area contributed by atoms with Crippen LogP contribution in [-0.4, -0.2) is 79.6 Å². The monoisotopic (exact) mass is 732 g/mol. The number of phenolic OH excluding ortho intramolecular Hbond substituents is 6. The van der Waals surface area contributed by atoms with Crippen molar-refractivity contribution < 1.29 is 78.6 Å². The summed E-state index contributed by atoms with van der Waals surface area (Å²) >= 11 is 0. The van der Waals surface area contributed by atoms with Crippen molar-refractivity contribution in [3.05, 3.63) is 101 Å². The van der Waals surface area contributed by atoms with E-state index in [9.17, 15) is 54.9 Å². The Bertz CT molecular complexity index is 2070. The Morgan fingerprint density at radius 1 is 0.774 bits per heavy atom. The molecule has 1 heterocycles. The number of methoxy groups -OCH3 is 1. The zero-order valence-corrected chi connectivity index (χ0v) is 27.6. The van der Waals surface area contributed by atoms with Gasteiger partial charge < -0.3 is 59.4 Å². The first-order chi connectivity index (χ1) is 25.3. The largest absolute Gasteiger partial charge is 0.504 e. The lowest BCUT2D eigenvalue weighted by Crippen LogP contribution is -2.29. The van der Waals surface area contributed by atoms with Gasteiger partial charge in [0.25, 0.3) is 12.8 Å². The molecule has 276 valence electrons. The van der Waals surface area contributed by atoms with Crippen molar-refractivity contribution >= 4 is 30.5 Å². The molecule has 0 saturated heterocycles. The van der Waals surface area contributed by atoms with Crippen LogP contribution in [0, 0.1) is 0 Å². The SMILES string of the molecule is COc1ccc(C[C@@H](OC(=O)/C=C/c2ccc(O)c3c2[C@H](C(=O)O[C@H](Cc2ccc(O)c(O)c2)OC=O)[C@@H](c2ccc(O)c(O)c2)O3)C(=O)O)cc1O. The van der Waals surface area contributed by atoms with Crippen LogP contribution in [0.3, 0.4) is 0 Å². The number of rotatable bonds is 14. The van der Waals surface area contributed by atoms with Crippen LogP contribution < -0.4 is 9.47 Å². The number of ether oxygens (including phenoxy) is 5. The van der Waals surface area contributed by atoms with E-state index in [4.69, 9.17) is 23.7 Å². The van der Waals surface area contributed by atoms with Crippen LogP contribution >= 0.6 is 0 Å². The maximum atomic E-state index is 14.0. The molecule has 0 amide bonds. The highest BCUT2D eigenvalue weighted by molar-refractivity contribution is 5.91. The zero-order chi connectivity index (χ0) is 38.4. The number of hydrogen-bond donors (Lipinski definition) is 7. The molecular weight excluding hydrogens is 700 g/mol. The van der Waals surface area contributed by atoms with E-state index < -0.39 is 71.1 Å². The molecule has 0 saturated carbocycles. The number of hydrogen-bond acceptors (Lipinski definition) is 15. The van der Waals surface area contributed by atoms with Crippen molar-refractivity contribution in [1.82, 2.24) is 0 Å². The van der Waals surface area contributed by atoms with E-state index in [1.807, 2.05) is 0 Å². The molecule has 16 nitrogen and oxygen atoms in total. The van der Waals surface area contributed by atoms with Gasteiger partial charge in [-0.1, -0.05) is 24.3 Å². The number of benzene rings is 4. The second-order valence-corrected chi connectivity index (χ2v) is 11.6. The van der Waals surface area contributed by atoms with Gasteiger partial charge >= 0.3 is 17.9 Å². The molecule has 0 unspecified atom stereocenters. The van der Waals surface area contributed by atoms with Crippen molar-refractivity contribution in [2.24, 2.45) is 0 Å². The summed E-state index contributed by atoms with van der Waals surface area (Å²) in [5.74, 6) is -7.83. The van der Waals surface area contributed by atoms with E-state index in [-0.39, 0.29) is 53.3 Å². The molecule has 0 aromatic heterocycles.